The third kappa shape index (κ3) is 2.49. The average molecular weight is 296 g/mol. The van der Waals surface area contributed by atoms with Crippen molar-refractivity contribution in [1.29, 1.82) is 0 Å². The van der Waals surface area contributed by atoms with Crippen molar-refractivity contribution in [1.82, 2.24) is 10.1 Å². The SMILES string of the molecule is CC(C)(C)c1noc(-c2ccc(Br)c(N)c2)n1. The van der Waals surface area contributed by atoms with Gasteiger partial charge in [0.05, 0.1) is 0 Å². The lowest BCUT2D eigenvalue weighted by molar-refractivity contribution is 0.402. The maximum atomic E-state index is 5.81. The summed E-state index contributed by atoms with van der Waals surface area (Å²) in [4.78, 5) is 4.37. The van der Waals surface area contributed by atoms with Crippen LogP contribution in [-0.2, 0) is 5.41 Å². The summed E-state index contributed by atoms with van der Waals surface area (Å²) in [6, 6.07) is 5.57. The Morgan fingerprint density at radius 2 is 2.00 bits per heavy atom. The van der Waals surface area contributed by atoms with Crippen molar-refractivity contribution in [2.24, 2.45) is 0 Å². The minimum atomic E-state index is -0.122. The van der Waals surface area contributed by atoms with Crippen LogP contribution in [0, 0.1) is 0 Å². The molecule has 0 saturated heterocycles. The largest absolute Gasteiger partial charge is 0.398 e. The summed E-state index contributed by atoms with van der Waals surface area (Å²) in [5, 5.41) is 3.98. The zero-order chi connectivity index (χ0) is 12.6. The summed E-state index contributed by atoms with van der Waals surface area (Å²) in [6.45, 7) is 6.12. The van der Waals surface area contributed by atoms with Crippen LogP contribution in [0.25, 0.3) is 11.5 Å². The quantitative estimate of drug-likeness (QED) is 0.819. The highest BCUT2D eigenvalue weighted by Crippen LogP contribution is 2.27. The highest BCUT2D eigenvalue weighted by molar-refractivity contribution is 9.10. The Balaban J connectivity index is 2.40. The third-order valence-corrected chi connectivity index (χ3v) is 3.06. The van der Waals surface area contributed by atoms with E-state index in [0.29, 0.717) is 17.4 Å². The van der Waals surface area contributed by atoms with Crippen molar-refractivity contribution in [3.63, 3.8) is 0 Å². The van der Waals surface area contributed by atoms with Crippen LogP contribution in [0.2, 0.25) is 0 Å². The van der Waals surface area contributed by atoms with Crippen LogP contribution in [0.5, 0.6) is 0 Å². The lowest BCUT2D eigenvalue weighted by Crippen LogP contribution is -2.13. The summed E-state index contributed by atoms with van der Waals surface area (Å²) in [7, 11) is 0. The Labute approximate surface area is 108 Å². The summed E-state index contributed by atoms with van der Waals surface area (Å²) < 4.78 is 6.10. The van der Waals surface area contributed by atoms with Gasteiger partial charge in [-0.25, -0.2) is 0 Å². The molecule has 1 aromatic heterocycles. The van der Waals surface area contributed by atoms with Crippen molar-refractivity contribution in [3.05, 3.63) is 28.5 Å². The number of benzene rings is 1. The predicted molar refractivity (Wildman–Crippen MR) is 70.5 cm³/mol. The fourth-order valence-corrected chi connectivity index (χ4v) is 1.57. The molecule has 0 atom stereocenters. The maximum Gasteiger partial charge on any atom is 0.258 e. The molecule has 0 spiro atoms. The number of anilines is 1. The molecule has 0 aliphatic carbocycles. The van der Waals surface area contributed by atoms with E-state index in [0.717, 1.165) is 10.0 Å². The molecule has 0 amide bonds. The van der Waals surface area contributed by atoms with Gasteiger partial charge in [0.2, 0.25) is 0 Å². The molecule has 2 rings (SSSR count). The van der Waals surface area contributed by atoms with Crippen molar-refractivity contribution >= 4 is 21.6 Å². The molecule has 0 unspecified atom stereocenters. The fraction of sp³-hybridized carbons (Fsp3) is 0.333. The number of halogens is 1. The molecule has 1 aromatic carbocycles. The first-order valence-electron chi connectivity index (χ1n) is 5.27. The zero-order valence-electron chi connectivity index (χ0n) is 9.99. The van der Waals surface area contributed by atoms with Crippen molar-refractivity contribution in [3.8, 4) is 11.5 Å². The van der Waals surface area contributed by atoms with Crippen molar-refractivity contribution in [2.45, 2.75) is 26.2 Å². The predicted octanol–water partition coefficient (Wildman–Crippen LogP) is 3.38. The smallest absolute Gasteiger partial charge is 0.258 e. The number of nitrogen functional groups attached to an aromatic ring is 1. The Bertz CT molecular complexity index is 543. The molecule has 0 aliphatic heterocycles. The second-order valence-corrected chi connectivity index (χ2v) is 5.76. The molecule has 0 bridgehead atoms. The van der Waals surface area contributed by atoms with E-state index in [1.54, 1.807) is 0 Å². The number of nitrogens with two attached hydrogens (primary N) is 1. The second-order valence-electron chi connectivity index (χ2n) is 4.91. The Hall–Kier alpha value is -1.36. The van der Waals surface area contributed by atoms with E-state index in [9.17, 15) is 0 Å². The van der Waals surface area contributed by atoms with Crippen LogP contribution in [-0.4, -0.2) is 10.1 Å². The van der Waals surface area contributed by atoms with Crippen LogP contribution in [0.3, 0.4) is 0 Å². The van der Waals surface area contributed by atoms with Crippen LogP contribution in [0.4, 0.5) is 5.69 Å². The molecule has 2 N–H and O–H groups in total. The monoisotopic (exact) mass is 295 g/mol. The van der Waals surface area contributed by atoms with E-state index >= 15 is 0 Å². The number of aromatic nitrogens is 2. The first kappa shape index (κ1) is 12.1. The minimum Gasteiger partial charge on any atom is -0.398 e. The van der Waals surface area contributed by atoms with Gasteiger partial charge in [0.25, 0.3) is 5.89 Å². The maximum absolute atomic E-state index is 5.81. The van der Waals surface area contributed by atoms with E-state index < -0.39 is 0 Å². The second kappa shape index (κ2) is 4.14. The van der Waals surface area contributed by atoms with Crippen LogP contribution >= 0.6 is 15.9 Å². The lowest BCUT2D eigenvalue weighted by atomic mass is 9.96. The van der Waals surface area contributed by atoms with Gasteiger partial charge in [-0.05, 0) is 34.1 Å². The van der Waals surface area contributed by atoms with Gasteiger partial charge in [-0.2, -0.15) is 4.98 Å². The summed E-state index contributed by atoms with van der Waals surface area (Å²) in [5.74, 6) is 1.18. The summed E-state index contributed by atoms with van der Waals surface area (Å²) in [5.41, 5.74) is 7.17. The van der Waals surface area contributed by atoms with Gasteiger partial charge in [-0.1, -0.05) is 25.9 Å². The number of hydrogen-bond donors (Lipinski definition) is 1. The molecule has 17 heavy (non-hydrogen) atoms. The van der Waals surface area contributed by atoms with Gasteiger partial charge in [0.1, 0.15) is 0 Å². The fourth-order valence-electron chi connectivity index (χ4n) is 1.32. The molecule has 0 aliphatic rings. The number of rotatable bonds is 1. The molecular formula is C12H14BrN3O. The van der Waals surface area contributed by atoms with E-state index in [1.807, 2.05) is 39.0 Å². The number of nitrogens with zero attached hydrogens (tertiary/aromatic N) is 2. The summed E-state index contributed by atoms with van der Waals surface area (Å²) >= 11 is 3.35. The van der Waals surface area contributed by atoms with E-state index in [1.165, 1.54) is 0 Å². The minimum absolute atomic E-state index is 0.122. The molecule has 4 nitrogen and oxygen atoms in total. The number of hydrogen-bond acceptors (Lipinski definition) is 4. The Morgan fingerprint density at radius 1 is 1.29 bits per heavy atom. The van der Waals surface area contributed by atoms with Gasteiger partial charge in [0, 0.05) is 21.1 Å². The molecule has 2 aromatic rings. The summed E-state index contributed by atoms with van der Waals surface area (Å²) in [6.07, 6.45) is 0. The van der Waals surface area contributed by atoms with E-state index in [4.69, 9.17) is 10.3 Å². The van der Waals surface area contributed by atoms with E-state index in [2.05, 4.69) is 26.1 Å². The standard InChI is InChI=1S/C12H14BrN3O/c1-12(2,3)11-15-10(17-16-11)7-4-5-8(13)9(14)6-7/h4-6H,14H2,1-3H3. The Morgan fingerprint density at radius 3 is 2.53 bits per heavy atom. The highest BCUT2D eigenvalue weighted by atomic mass is 79.9. The van der Waals surface area contributed by atoms with E-state index in [-0.39, 0.29) is 5.41 Å². The molecule has 0 fully saturated rings. The first-order chi connectivity index (χ1) is 7.88. The average Bonchev–Trinajstić information content (AvgIpc) is 2.70. The molecule has 0 radical (unpaired) electrons. The van der Waals surface area contributed by atoms with Gasteiger partial charge in [0.15, 0.2) is 5.82 Å². The van der Waals surface area contributed by atoms with Crippen LogP contribution in [0.15, 0.2) is 27.2 Å². The first-order valence-corrected chi connectivity index (χ1v) is 6.07. The third-order valence-electron chi connectivity index (χ3n) is 2.34. The lowest BCUT2D eigenvalue weighted by Gasteiger charge is -2.10. The topological polar surface area (TPSA) is 64.9 Å². The van der Waals surface area contributed by atoms with Crippen LogP contribution < -0.4 is 5.73 Å². The van der Waals surface area contributed by atoms with Gasteiger partial charge < -0.3 is 10.3 Å². The van der Waals surface area contributed by atoms with Gasteiger partial charge in [-0.3, -0.25) is 0 Å². The van der Waals surface area contributed by atoms with Gasteiger partial charge >= 0.3 is 0 Å². The van der Waals surface area contributed by atoms with Crippen LogP contribution in [0.1, 0.15) is 26.6 Å². The highest BCUT2D eigenvalue weighted by Gasteiger charge is 2.21. The molecule has 5 heteroatoms. The Kier molecular flexibility index (Phi) is 2.95. The normalized spacial score (nSPS) is 11.8. The van der Waals surface area contributed by atoms with Crippen molar-refractivity contribution < 1.29 is 4.52 Å². The molecule has 90 valence electrons. The zero-order valence-corrected chi connectivity index (χ0v) is 11.6. The molecule has 0 saturated carbocycles. The molecular weight excluding hydrogens is 282 g/mol. The van der Waals surface area contributed by atoms with Crippen molar-refractivity contribution in [2.75, 3.05) is 5.73 Å². The molecule has 1 heterocycles. The van der Waals surface area contributed by atoms with Gasteiger partial charge in [-0.15, -0.1) is 0 Å².